The van der Waals surface area contributed by atoms with Crippen molar-refractivity contribution in [3.8, 4) is 11.1 Å². The first-order valence-corrected chi connectivity index (χ1v) is 8.02. The lowest BCUT2D eigenvalue weighted by Crippen LogP contribution is -2.41. The standard InChI is InChI=1S/C18H16ClFN2O2/c19-14-5-3-11(4-6-14)12-1-2-13(15(20)9-12)10-21-18(24)16-7-8-17(23)22-16/h1-6,9,16H,7-8,10H2,(H,21,24)(H,22,23)/t16-/m0/s1. The number of amides is 2. The second-order valence-corrected chi connectivity index (χ2v) is 6.13. The van der Waals surface area contributed by atoms with E-state index in [0.29, 0.717) is 23.4 Å². The van der Waals surface area contributed by atoms with Gasteiger partial charge in [-0.3, -0.25) is 9.59 Å². The molecule has 0 radical (unpaired) electrons. The Labute approximate surface area is 144 Å². The molecule has 3 rings (SSSR count). The average molecular weight is 347 g/mol. The van der Waals surface area contributed by atoms with E-state index in [1.165, 1.54) is 6.07 Å². The lowest BCUT2D eigenvalue weighted by atomic mass is 10.0. The van der Waals surface area contributed by atoms with E-state index >= 15 is 0 Å². The predicted molar refractivity (Wildman–Crippen MR) is 89.9 cm³/mol. The molecule has 0 saturated carbocycles. The van der Waals surface area contributed by atoms with Crippen molar-refractivity contribution >= 4 is 23.4 Å². The van der Waals surface area contributed by atoms with Gasteiger partial charge in [0.05, 0.1) is 0 Å². The third-order valence-electron chi connectivity index (χ3n) is 4.00. The van der Waals surface area contributed by atoms with Gasteiger partial charge in [0.2, 0.25) is 11.8 Å². The van der Waals surface area contributed by atoms with Crippen LogP contribution in [0.3, 0.4) is 0 Å². The fraction of sp³-hybridized carbons (Fsp3) is 0.222. The highest BCUT2D eigenvalue weighted by molar-refractivity contribution is 6.30. The van der Waals surface area contributed by atoms with Crippen molar-refractivity contribution in [2.24, 2.45) is 0 Å². The van der Waals surface area contributed by atoms with Crippen LogP contribution in [0.4, 0.5) is 4.39 Å². The number of rotatable bonds is 4. The third-order valence-corrected chi connectivity index (χ3v) is 4.25. The fourth-order valence-corrected chi connectivity index (χ4v) is 2.75. The first kappa shape index (κ1) is 16.5. The molecule has 24 heavy (non-hydrogen) atoms. The zero-order valence-electron chi connectivity index (χ0n) is 12.8. The third kappa shape index (κ3) is 3.74. The Bertz CT molecular complexity index is 777. The second-order valence-electron chi connectivity index (χ2n) is 5.69. The highest BCUT2D eigenvalue weighted by Gasteiger charge is 2.26. The lowest BCUT2D eigenvalue weighted by Gasteiger charge is -2.12. The summed E-state index contributed by atoms with van der Waals surface area (Å²) in [4.78, 5) is 23.1. The minimum absolute atomic E-state index is 0.0813. The molecule has 2 N–H and O–H groups in total. The van der Waals surface area contributed by atoms with Crippen LogP contribution in [-0.4, -0.2) is 17.9 Å². The molecule has 0 spiro atoms. The van der Waals surface area contributed by atoms with Crippen LogP contribution in [0.15, 0.2) is 42.5 Å². The minimum Gasteiger partial charge on any atom is -0.350 e. The molecule has 2 aromatic rings. The van der Waals surface area contributed by atoms with E-state index in [4.69, 9.17) is 11.6 Å². The number of benzene rings is 2. The van der Waals surface area contributed by atoms with E-state index in [1.54, 1.807) is 24.3 Å². The molecule has 0 aromatic heterocycles. The van der Waals surface area contributed by atoms with Gasteiger partial charge in [0, 0.05) is 23.6 Å². The molecule has 0 bridgehead atoms. The maximum Gasteiger partial charge on any atom is 0.242 e. The molecule has 0 aliphatic carbocycles. The average Bonchev–Trinajstić information content (AvgIpc) is 3.01. The van der Waals surface area contributed by atoms with Crippen molar-refractivity contribution in [1.82, 2.24) is 10.6 Å². The van der Waals surface area contributed by atoms with Crippen LogP contribution in [0.2, 0.25) is 5.02 Å². The summed E-state index contributed by atoms with van der Waals surface area (Å²) in [6.07, 6.45) is 0.824. The smallest absolute Gasteiger partial charge is 0.242 e. The van der Waals surface area contributed by atoms with Gasteiger partial charge in [-0.2, -0.15) is 0 Å². The van der Waals surface area contributed by atoms with Crippen LogP contribution in [0.1, 0.15) is 18.4 Å². The Hall–Kier alpha value is -2.40. The van der Waals surface area contributed by atoms with Gasteiger partial charge in [0.1, 0.15) is 11.9 Å². The largest absolute Gasteiger partial charge is 0.350 e. The van der Waals surface area contributed by atoms with E-state index in [2.05, 4.69) is 10.6 Å². The molecule has 0 unspecified atom stereocenters. The molecule has 4 nitrogen and oxygen atoms in total. The summed E-state index contributed by atoms with van der Waals surface area (Å²) >= 11 is 5.85. The van der Waals surface area contributed by atoms with Gasteiger partial charge in [0.15, 0.2) is 0 Å². The number of nitrogens with one attached hydrogen (secondary N) is 2. The normalized spacial score (nSPS) is 16.8. The molecular weight excluding hydrogens is 331 g/mol. The molecular formula is C18H16ClFN2O2. The van der Waals surface area contributed by atoms with Gasteiger partial charge in [-0.15, -0.1) is 0 Å². The molecule has 1 heterocycles. The Morgan fingerprint density at radius 1 is 1.21 bits per heavy atom. The Morgan fingerprint density at radius 3 is 2.54 bits per heavy atom. The van der Waals surface area contributed by atoms with Gasteiger partial charge >= 0.3 is 0 Å². The van der Waals surface area contributed by atoms with Gasteiger partial charge < -0.3 is 10.6 Å². The summed E-state index contributed by atoms with van der Waals surface area (Å²) in [6.45, 7) is 0.0813. The van der Waals surface area contributed by atoms with Crippen LogP contribution in [0.5, 0.6) is 0 Å². The summed E-state index contributed by atoms with van der Waals surface area (Å²) in [6, 6.07) is 11.5. The van der Waals surface area contributed by atoms with Crippen molar-refractivity contribution in [3.05, 3.63) is 58.9 Å². The first-order chi connectivity index (χ1) is 11.5. The summed E-state index contributed by atoms with van der Waals surface area (Å²) in [5, 5.41) is 5.86. The minimum atomic E-state index is -0.520. The Balaban J connectivity index is 1.65. The molecule has 2 amide bonds. The lowest BCUT2D eigenvalue weighted by molar-refractivity contribution is -0.125. The van der Waals surface area contributed by atoms with Crippen molar-refractivity contribution in [2.45, 2.75) is 25.4 Å². The van der Waals surface area contributed by atoms with E-state index in [1.807, 2.05) is 12.1 Å². The number of carbonyl (C=O) groups is 2. The highest BCUT2D eigenvalue weighted by Crippen LogP contribution is 2.23. The molecule has 1 aliphatic heterocycles. The second kappa shape index (κ2) is 7.01. The Kier molecular flexibility index (Phi) is 4.81. The van der Waals surface area contributed by atoms with E-state index in [9.17, 15) is 14.0 Å². The molecule has 124 valence electrons. The molecule has 6 heteroatoms. The number of halogens is 2. The quantitative estimate of drug-likeness (QED) is 0.894. The maximum absolute atomic E-state index is 14.3. The highest BCUT2D eigenvalue weighted by atomic mass is 35.5. The zero-order chi connectivity index (χ0) is 17.1. The van der Waals surface area contributed by atoms with Crippen LogP contribution >= 0.6 is 11.6 Å². The number of hydrogen-bond acceptors (Lipinski definition) is 2. The SMILES string of the molecule is O=C1CC[C@@H](C(=O)NCc2ccc(-c3ccc(Cl)cc3)cc2F)N1. The molecule has 1 fully saturated rings. The summed E-state index contributed by atoms with van der Waals surface area (Å²) < 4.78 is 14.3. The van der Waals surface area contributed by atoms with Crippen LogP contribution < -0.4 is 10.6 Å². The monoisotopic (exact) mass is 346 g/mol. The molecule has 2 aromatic carbocycles. The van der Waals surface area contributed by atoms with Gasteiger partial charge in [-0.1, -0.05) is 35.9 Å². The summed E-state index contributed by atoms with van der Waals surface area (Å²) in [7, 11) is 0. The number of carbonyl (C=O) groups excluding carboxylic acids is 2. The molecule has 1 saturated heterocycles. The molecule has 1 aliphatic rings. The summed E-state index contributed by atoms with van der Waals surface area (Å²) in [5.41, 5.74) is 2.00. The predicted octanol–water partition coefficient (Wildman–Crippen LogP) is 3.04. The van der Waals surface area contributed by atoms with Gasteiger partial charge in [-0.05, 0) is 35.7 Å². The van der Waals surface area contributed by atoms with Gasteiger partial charge in [0.25, 0.3) is 0 Å². The van der Waals surface area contributed by atoms with E-state index < -0.39 is 11.9 Å². The van der Waals surface area contributed by atoms with Crippen LogP contribution in [0.25, 0.3) is 11.1 Å². The fourth-order valence-electron chi connectivity index (χ4n) is 2.63. The first-order valence-electron chi connectivity index (χ1n) is 7.64. The topological polar surface area (TPSA) is 58.2 Å². The maximum atomic E-state index is 14.3. The van der Waals surface area contributed by atoms with Crippen LogP contribution in [-0.2, 0) is 16.1 Å². The van der Waals surface area contributed by atoms with E-state index in [0.717, 1.165) is 11.1 Å². The van der Waals surface area contributed by atoms with Crippen LogP contribution in [0, 0.1) is 5.82 Å². The van der Waals surface area contributed by atoms with E-state index in [-0.39, 0.29) is 18.4 Å². The zero-order valence-corrected chi connectivity index (χ0v) is 13.6. The Morgan fingerprint density at radius 2 is 1.92 bits per heavy atom. The van der Waals surface area contributed by atoms with Crippen molar-refractivity contribution < 1.29 is 14.0 Å². The number of hydrogen-bond donors (Lipinski definition) is 2. The molecule has 1 atom stereocenters. The van der Waals surface area contributed by atoms with Gasteiger partial charge in [-0.25, -0.2) is 4.39 Å². The van der Waals surface area contributed by atoms with Crippen molar-refractivity contribution in [1.29, 1.82) is 0 Å². The van der Waals surface area contributed by atoms with Crippen molar-refractivity contribution in [2.75, 3.05) is 0 Å². The van der Waals surface area contributed by atoms with Crippen molar-refractivity contribution in [3.63, 3.8) is 0 Å². The summed E-state index contributed by atoms with van der Waals surface area (Å²) in [5.74, 6) is -0.811.